The van der Waals surface area contributed by atoms with E-state index in [0.717, 1.165) is 69.4 Å². The van der Waals surface area contributed by atoms with Gasteiger partial charge in [0.05, 0.1) is 0 Å². The van der Waals surface area contributed by atoms with Gasteiger partial charge in [-0.25, -0.2) is 8.42 Å². The van der Waals surface area contributed by atoms with Crippen LogP contribution in [0.25, 0.3) is 0 Å². The number of carbonyl (C=O) groups is 1. The van der Waals surface area contributed by atoms with Gasteiger partial charge in [-0.3, -0.25) is 9.69 Å². The lowest BCUT2D eigenvalue weighted by Crippen LogP contribution is -2.52. The molecule has 2 aliphatic heterocycles. The molecule has 0 saturated carbocycles. The number of sulfone groups is 1. The highest BCUT2D eigenvalue weighted by atomic mass is 35.5. The van der Waals surface area contributed by atoms with Gasteiger partial charge < -0.3 is 15.4 Å². The van der Waals surface area contributed by atoms with E-state index >= 15 is 0 Å². The van der Waals surface area contributed by atoms with Crippen molar-refractivity contribution in [2.45, 2.75) is 69.9 Å². The second kappa shape index (κ2) is 13.0. The van der Waals surface area contributed by atoms with E-state index in [1.165, 1.54) is 6.26 Å². The van der Waals surface area contributed by atoms with Crippen LogP contribution in [0.5, 0.6) is 0 Å². The Bertz CT molecular complexity index is 855. The van der Waals surface area contributed by atoms with Gasteiger partial charge in [-0.1, -0.05) is 19.1 Å². The SMILES string of the molecule is CCCN(C(C)Cc1cccc(NC(=O)C2CCCO2)c1)C(C1CCNCC1)S(C)(=O)=O.Cl. The van der Waals surface area contributed by atoms with Gasteiger partial charge in [-0.2, -0.15) is 0 Å². The van der Waals surface area contributed by atoms with Crippen LogP contribution in [0, 0.1) is 5.92 Å². The van der Waals surface area contributed by atoms with E-state index < -0.39 is 15.2 Å². The smallest absolute Gasteiger partial charge is 0.253 e. The maximum atomic E-state index is 12.9. The van der Waals surface area contributed by atoms with E-state index in [-0.39, 0.29) is 36.4 Å². The number of carbonyl (C=O) groups excluding carboxylic acids is 1. The largest absolute Gasteiger partial charge is 0.368 e. The van der Waals surface area contributed by atoms with Crippen molar-refractivity contribution in [3.05, 3.63) is 29.8 Å². The molecule has 0 radical (unpaired) electrons. The molecule has 2 heterocycles. The Morgan fingerprint density at radius 2 is 2.00 bits per heavy atom. The average Bonchev–Trinajstić information content (AvgIpc) is 3.29. The summed E-state index contributed by atoms with van der Waals surface area (Å²) < 4.78 is 31.2. The van der Waals surface area contributed by atoms with Gasteiger partial charge in [0.1, 0.15) is 11.5 Å². The first-order valence-corrected chi connectivity index (χ1v) is 13.9. The van der Waals surface area contributed by atoms with Crippen LogP contribution in [-0.2, 0) is 25.8 Å². The Morgan fingerprint density at radius 1 is 1.27 bits per heavy atom. The van der Waals surface area contributed by atoms with Crippen LogP contribution in [0.2, 0.25) is 0 Å². The topological polar surface area (TPSA) is 87.7 Å². The first kappa shape index (κ1) is 28.1. The molecular formula is C24H40ClN3O4S. The summed E-state index contributed by atoms with van der Waals surface area (Å²) in [7, 11) is -3.23. The third kappa shape index (κ3) is 7.92. The summed E-state index contributed by atoms with van der Waals surface area (Å²) in [5.41, 5.74) is 1.84. The fraction of sp³-hybridized carbons (Fsp3) is 0.708. The Kier molecular flexibility index (Phi) is 11.1. The summed E-state index contributed by atoms with van der Waals surface area (Å²) in [4.78, 5) is 14.6. The van der Waals surface area contributed by atoms with Crippen LogP contribution in [0.1, 0.15) is 51.5 Å². The number of anilines is 1. The molecule has 2 saturated heterocycles. The molecule has 3 atom stereocenters. The van der Waals surface area contributed by atoms with Crippen molar-refractivity contribution in [1.82, 2.24) is 10.2 Å². The second-order valence-electron chi connectivity index (χ2n) is 9.29. The Morgan fingerprint density at radius 3 is 2.61 bits per heavy atom. The fourth-order valence-electron chi connectivity index (χ4n) is 5.09. The van der Waals surface area contributed by atoms with Crippen LogP contribution in [0.4, 0.5) is 5.69 Å². The van der Waals surface area contributed by atoms with Crippen LogP contribution in [0.3, 0.4) is 0 Å². The van der Waals surface area contributed by atoms with Crippen LogP contribution >= 0.6 is 12.4 Å². The zero-order valence-corrected chi connectivity index (χ0v) is 21.7. The lowest BCUT2D eigenvalue weighted by Gasteiger charge is -2.41. The summed E-state index contributed by atoms with van der Waals surface area (Å²) >= 11 is 0. The standard InChI is InChI=1S/C24H39N3O4S.ClH/c1-4-14-27(24(32(3,29)30)20-10-12-25-13-11-20)18(2)16-19-7-5-8-21(17-19)26-23(28)22-9-6-15-31-22;/h5,7-8,17-18,20,22,24-25H,4,6,9-16H2,1-3H3,(H,26,28);1H. The fourth-order valence-corrected chi connectivity index (χ4v) is 6.87. The first-order chi connectivity index (χ1) is 15.3. The molecule has 0 bridgehead atoms. The minimum Gasteiger partial charge on any atom is -0.368 e. The third-order valence-electron chi connectivity index (χ3n) is 6.55. The van der Waals surface area contributed by atoms with E-state index in [9.17, 15) is 13.2 Å². The number of amides is 1. The predicted octanol–water partition coefficient (Wildman–Crippen LogP) is 3.24. The summed E-state index contributed by atoms with van der Waals surface area (Å²) in [6.45, 7) is 7.35. The van der Waals surface area contributed by atoms with Gasteiger partial charge in [-0.05, 0) is 88.7 Å². The van der Waals surface area contributed by atoms with E-state index in [2.05, 4.69) is 29.4 Å². The molecule has 3 rings (SSSR count). The molecule has 0 aromatic heterocycles. The maximum Gasteiger partial charge on any atom is 0.253 e. The molecule has 7 nitrogen and oxygen atoms in total. The molecule has 9 heteroatoms. The number of halogens is 1. The Hall–Kier alpha value is -1.19. The zero-order chi connectivity index (χ0) is 23.1. The van der Waals surface area contributed by atoms with Crippen LogP contribution < -0.4 is 10.6 Å². The number of ether oxygens (including phenoxy) is 1. The quantitative estimate of drug-likeness (QED) is 0.511. The average molecular weight is 502 g/mol. The molecule has 1 amide bonds. The summed E-state index contributed by atoms with van der Waals surface area (Å²) in [6.07, 6.45) is 6.10. The van der Waals surface area contributed by atoms with Crippen molar-refractivity contribution < 1.29 is 17.9 Å². The van der Waals surface area contributed by atoms with Crippen molar-refractivity contribution in [1.29, 1.82) is 0 Å². The van der Waals surface area contributed by atoms with E-state index in [0.29, 0.717) is 6.61 Å². The maximum absolute atomic E-state index is 12.9. The van der Waals surface area contributed by atoms with Gasteiger partial charge in [0.2, 0.25) is 0 Å². The monoisotopic (exact) mass is 501 g/mol. The molecule has 3 unspecified atom stereocenters. The lowest BCUT2D eigenvalue weighted by molar-refractivity contribution is -0.124. The summed E-state index contributed by atoms with van der Waals surface area (Å²) in [5, 5.41) is 5.86. The van der Waals surface area contributed by atoms with Gasteiger partial charge >= 0.3 is 0 Å². The Labute approximate surface area is 205 Å². The van der Waals surface area contributed by atoms with E-state index in [1.807, 2.05) is 24.3 Å². The van der Waals surface area contributed by atoms with E-state index in [1.54, 1.807) is 0 Å². The molecule has 0 aliphatic carbocycles. The van der Waals surface area contributed by atoms with Gasteiger partial charge in [0, 0.05) is 24.6 Å². The van der Waals surface area contributed by atoms with Crippen molar-refractivity contribution in [2.24, 2.45) is 5.92 Å². The highest BCUT2D eigenvalue weighted by molar-refractivity contribution is 7.91. The van der Waals surface area contributed by atoms with Crippen molar-refractivity contribution in [2.75, 3.05) is 37.8 Å². The molecule has 2 N–H and O–H groups in total. The molecule has 2 fully saturated rings. The highest BCUT2D eigenvalue weighted by Crippen LogP contribution is 2.28. The van der Waals surface area contributed by atoms with Crippen molar-refractivity contribution >= 4 is 33.8 Å². The van der Waals surface area contributed by atoms with Gasteiger partial charge in [0.25, 0.3) is 5.91 Å². The predicted molar refractivity (Wildman–Crippen MR) is 136 cm³/mol. The van der Waals surface area contributed by atoms with Crippen LogP contribution in [-0.4, -0.2) is 69.2 Å². The number of hydrogen-bond acceptors (Lipinski definition) is 6. The highest BCUT2D eigenvalue weighted by Gasteiger charge is 2.38. The summed E-state index contributed by atoms with van der Waals surface area (Å²) in [5.74, 6) is 0.0561. The molecule has 1 aromatic carbocycles. The minimum atomic E-state index is -3.23. The van der Waals surface area contributed by atoms with E-state index in [4.69, 9.17) is 4.74 Å². The molecule has 1 aromatic rings. The minimum absolute atomic E-state index is 0. The van der Waals surface area contributed by atoms with Crippen LogP contribution in [0.15, 0.2) is 24.3 Å². The third-order valence-corrected chi connectivity index (χ3v) is 8.08. The Balaban J connectivity index is 0.00000385. The number of rotatable bonds is 10. The number of piperidine rings is 1. The number of nitrogens with one attached hydrogen (secondary N) is 2. The first-order valence-electron chi connectivity index (χ1n) is 12.0. The van der Waals surface area contributed by atoms with Gasteiger partial charge in [-0.15, -0.1) is 12.4 Å². The zero-order valence-electron chi connectivity index (χ0n) is 20.1. The molecule has 0 spiro atoms. The summed E-state index contributed by atoms with van der Waals surface area (Å²) in [6, 6.07) is 7.93. The molecule has 188 valence electrons. The normalized spacial score (nSPS) is 21.4. The lowest BCUT2D eigenvalue weighted by atomic mass is 9.95. The number of hydrogen-bond donors (Lipinski definition) is 2. The van der Waals surface area contributed by atoms with Crippen molar-refractivity contribution in [3.8, 4) is 0 Å². The second-order valence-corrected chi connectivity index (χ2v) is 11.4. The molecule has 33 heavy (non-hydrogen) atoms. The molecule has 2 aliphatic rings. The van der Waals surface area contributed by atoms with Gasteiger partial charge in [0.15, 0.2) is 9.84 Å². The van der Waals surface area contributed by atoms with Crippen molar-refractivity contribution in [3.63, 3.8) is 0 Å². The number of nitrogens with zero attached hydrogens (tertiary/aromatic N) is 1. The number of benzene rings is 1. The molecular weight excluding hydrogens is 462 g/mol.